The molecule has 0 aliphatic rings. The van der Waals surface area contributed by atoms with E-state index in [0.717, 1.165) is 12.1 Å². The van der Waals surface area contributed by atoms with Crippen LogP contribution in [0.2, 0.25) is 5.02 Å². The van der Waals surface area contributed by atoms with E-state index in [1.54, 1.807) is 19.9 Å². The molecule has 0 atom stereocenters. The van der Waals surface area contributed by atoms with Crippen LogP contribution < -0.4 is 4.74 Å². The zero-order chi connectivity index (χ0) is 23.1. The predicted molar refractivity (Wildman–Crippen MR) is 115 cm³/mol. The highest BCUT2D eigenvalue weighted by atomic mass is 35.5. The third-order valence-corrected chi connectivity index (χ3v) is 6.62. The smallest absolute Gasteiger partial charge is 0.296 e. The van der Waals surface area contributed by atoms with Gasteiger partial charge in [-0.3, -0.25) is 9.11 Å². The third kappa shape index (κ3) is 4.70. The van der Waals surface area contributed by atoms with Gasteiger partial charge in [0.15, 0.2) is 0 Å². The van der Waals surface area contributed by atoms with E-state index < -0.39 is 30.0 Å². The molecule has 12 heteroatoms. The fourth-order valence-electron chi connectivity index (χ4n) is 3.02. The molecule has 0 saturated heterocycles. The second-order valence-electron chi connectivity index (χ2n) is 6.65. The van der Waals surface area contributed by atoms with Crippen molar-refractivity contribution in [3.8, 4) is 5.75 Å². The minimum atomic E-state index is -4.74. The summed E-state index contributed by atoms with van der Waals surface area (Å²) in [7, 11) is -7.81. The highest BCUT2D eigenvalue weighted by Crippen LogP contribution is 2.38. The summed E-state index contributed by atoms with van der Waals surface area (Å²) in [6.45, 7) is 3.28. The van der Waals surface area contributed by atoms with Gasteiger partial charge in [0.25, 0.3) is 20.2 Å². The van der Waals surface area contributed by atoms with Crippen LogP contribution in [0, 0.1) is 13.8 Å². The number of hydrogen-bond donors (Lipinski definition) is 2. The molecular formula is C19H17ClN2O7S2. The zero-order valence-electron chi connectivity index (χ0n) is 16.5. The van der Waals surface area contributed by atoms with E-state index >= 15 is 0 Å². The molecule has 0 spiro atoms. The van der Waals surface area contributed by atoms with Crippen LogP contribution in [0.15, 0.2) is 56.4 Å². The lowest BCUT2D eigenvalue weighted by atomic mass is 10.0. The van der Waals surface area contributed by atoms with E-state index in [1.807, 2.05) is 0 Å². The second-order valence-corrected chi connectivity index (χ2v) is 9.87. The number of nitrogens with zero attached hydrogens (tertiary/aromatic N) is 2. The summed E-state index contributed by atoms with van der Waals surface area (Å²) in [5.74, 6) is 0.351. The number of methoxy groups -OCH3 is 1. The third-order valence-electron chi connectivity index (χ3n) is 4.61. The fraction of sp³-hybridized carbons (Fsp3) is 0.158. The average Bonchev–Trinajstić information content (AvgIpc) is 2.66. The molecule has 0 fully saturated rings. The molecule has 0 aliphatic carbocycles. The van der Waals surface area contributed by atoms with E-state index in [2.05, 4.69) is 10.2 Å². The zero-order valence-corrected chi connectivity index (χ0v) is 18.9. The van der Waals surface area contributed by atoms with Gasteiger partial charge in [0, 0.05) is 6.07 Å². The van der Waals surface area contributed by atoms with Crippen molar-refractivity contribution in [2.75, 3.05) is 7.11 Å². The van der Waals surface area contributed by atoms with Crippen molar-refractivity contribution >= 4 is 54.0 Å². The van der Waals surface area contributed by atoms with Crippen LogP contribution in [-0.4, -0.2) is 33.1 Å². The van der Waals surface area contributed by atoms with Gasteiger partial charge in [0.2, 0.25) is 0 Å². The molecule has 31 heavy (non-hydrogen) atoms. The predicted octanol–water partition coefficient (Wildman–Crippen LogP) is 5.03. The maximum atomic E-state index is 12.0. The Labute approximate surface area is 183 Å². The molecule has 0 unspecified atom stereocenters. The van der Waals surface area contributed by atoms with Gasteiger partial charge < -0.3 is 4.74 Å². The SMILES string of the molecule is COc1cc(N=Nc2c(S(=O)(=O)O)cc3cc(S(=O)(=O)O)ccc3c2C)c(C)cc1Cl. The molecule has 0 amide bonds. The number of fused-ring (bicyclic) bond motifs is 1. The summed E-state index contributed by atoms with van der Waals surface area (Å²) in [5.41, 5.74) is 1.22. The second kappa shape index (κ2) is 8.17. The van der Waals surface area contributed by atoms with Gasteiger partial charge in [-0.2, -0.15) is 21.9 Å². The molecule has 0 heterocycles. The highest BCUT2D eigenvalue weighted by Gasteiger charge is 2.21. The van der Waals surface area contributed by atoms with Crippen molar-refractivity contribution in [2.45, 2.75) is 23.6 Å². The van der Waals surface area contributed by atoms with Crippen LogP contribution in [0.5, 0.6) is 5.75 Å². The maximum Gasteiger partial charge on any atom is 0.296 e. The largest absolute Gasteiger partial charge is 0.495 e. The quantitative estimate of drug-likeness (QED) is 0.382. The van der Waals surface area contributed by atoms with Crippen LogP contribution in [0.4, 0.5) is 11.4 Å². The minimum Gasteiger partial charge on any atom is -0.495 e. The number of halogens is 1. The lowest BCUT2D eigenvalue weighted by Gasteiger charge is -2.11. The fourth-order valence-corrected chi connectivity index (χ4v) is 4.54. The van der Waals surface area contributed by atoms with Crippen molar-refractivity contribution in [1.29, 1.82) is 0 Å². The molecule has 2 N–H and O–H groups in total. The topological polar surface area (TPSA) is 143 Å². The summed E-state index contributed by atoms with van der Waals surface area (Å²) in [5, 5.41) is 9.15. The molecular weight excluding hydrogens is 468 g/mol. The van der Waals surface area contributed by atoms with Crippen molar-refractivity contribution in [2.24, 2.45) is 10.2 Å². The summed E-state index contributed by atoms with van der Waals surface area (Å²) < 4.78 is 71.0. The average molecular weight is 485 g/mol. The number of hydrogen-bond acceptors (Lipinski definition) is 7. The summed E-state index contributed by atoms with van der Waals surface area (Å²) in [4.78, 5) is -0.980. The van der Waals surface area contributed by atoms with Crippen molar-refractivity contribution in [3.63, 3.8) is 0 Å². The maximum absolute atomic E-state index is 12.0. The Balaban J connectivity index is 2.27. The van der Waals surface area contributed by atoms with Crippen molar-refractivity contribution in [3.05, 3.63) is 52.5 Å². The van der Waals surface area contributed by atoms with E-state index in [-0.39, 0.29) is 11.1 Å². The molecule has 3 rings (SSSR count). The Morgan fingerprint density at radius 3 is 2.19 bits per heavy atom. The summed E-state index contributed by atoms with van der Waals surface area (Å²) in [6.07, 6.45) is 0. The lowest BCUT2D eigenvalue weighted by Crippen LogP contribution is -2.01. The standard InChI is InChI=1S/C19H17ClN2O7S2/c1-10-6-15(20)17(29-3)9-16(10)21-22-19-11(2)14-5-4-13(30(23,24)25)7-12(14)8-18(19)31(26,27)28/h4-9H,1-3H3,(H,23,24,25)(H,26,27,28). The van der Waals surface area contributed by atoms with E-state index in [1.165, 1.54) is 25.3 Å². The Hall–Kier alpha value is -2.57. The molecule has 0 saturated carbocycles. The van der Waals surface area contributed by atoms with Gasteiger partial charge in [0.05, 0.1) is 22.7 Å². The number of aryl methyl sites for hydroxylation is 2. The molecule has 0 radical (unpaired) electrons. The Kier molecular flexibility index (Phi) is 6.09. The van der Waals surface area contributed by atoms with E-state index in [9.17, 15) is 25.9 Å². The van der Waals surface area contributed by atoms with Gasteiger partial charge in [0.1, 0.15) is 16.3 Å². The van der Waals surface area contributed by atoms with Crippen molar-refractivity contribution in [1.82, 2.24) is 0 Å². The first-order valence-electron chi connectivity index (χ1n) is 8.61. The van der Waals surface area contributed by atoms with Crippen LogP contribution in [0.25, 0.3) is 10.8 Å². The first-order chi connectivity index (χ1) is 14.3. The van der Waals surface area contributed by atoms with Crippen LogP contribution in [-0.2, 0) is 20.2 Å². The summed E-state index contributed by atoms with van der Waals surface area (Å²) >= 11 is 6.07. The Morgan fingerprint density at radius 1 is 0.935 bits per heavy atom. The highest BCUT2D eigenvalue weighted by molar-refractivity contribution is 7.86. The van der Waals surface area contributed by atoms with Gasteiger partial charge in [-0.15, -0.1) is 5.11 Å². The molecule has 3 aromatic carbocycles. The van der Waals surface area contributed by atoms with E-state index in [4.69, 9.17) is 16.3 Å². The first kappa shape index (κ1) is 23.1. The molecule has 0 aromatic heterocycles. The normalized spacial score (nSPS) is 12.6. The monoisotopic (exact) mass is 484 g/mol. The van der Waals surface area contributed by atoms with E-state index in [0.29, 0.717) is 33.0 Å². The van der Waals surface area contributed by atoms with Gasteiger partial charge in [-0.25, -0.2) is 0 Å². The number of azo groups is 1. The number of benzene rings is 3. The number of ether oxygens (including phenoxy) is 1. The first-order valence-corrected chi connectivity index (χ1v) is 11.9. The van der Waals surface area contributed by atoms with Crippen LogP contribution >= 0.6 is 11.6 Å². The summed E-state index contributed by atoms with van der Waals surface area (Å²) in [6, 6.07) is 7.88. The van der Waals surface area contributed by atoms with Gasteiger partial charge in [-0.1, -0.05) is 17.7 Å². The molecule has 164 valence electrons. The Bertz CT molecular complexity index is 1450. The Morgan fingerprint density at radius 2 is 1.61 bits per heavy atom. The van der Waals surface area contributed by atoms with Crippen LogP contribution in [0.3, 0.4) is 0 Å². The van der Waals surface area contributed by atoms with Gasteiger partial charge >= 0.3 is 0 Å². The lowest BCUT2D eigenvalue weighted by molar-refractivity contribution is 0.415. The minimum absolute atomic E-state index is 0.122. The van der Waals surface area contributed by atoms with Crippen LogP contribution in [0.1, 0.15) is 11.1 Å². The molecule has 0 bridgehead atoms. The van der Waals surface area contributed by atoms with Crippen molar-refractivity contribution < 1.29 is 30.7 Å². The molecule has 9 nitrogen and oxygen atoms in total. The number of rotatable bonds is 5. The van der Waals surface area contributed by atoms with Gasteiger partial charge in [-0.05, 0) is 60.0 Å². The molecule has 0 aliphatic heterocycles. The molecule has 3 aromatic rings.